The van der Waals surface area contributed by atoms with Gasteiger partial charge in [0.05, 0.1) is 12.8 Å². The van der Waals surface area contributed by atoms with Crippen LogP contribution < -0.4 is 20.7 Å². The Morgan fingerprint density at radius 3 is 2.85 bits per heavy atom. The van der Waals surface area contributed by atoms with Gasteiger partial charge in [-0.2, -0.15) is 0 Å². The summed E-state index contributed by atoms with van der Waals surface area (Å²) in [5.74, 6) is -0.709. The molecule has 0 bridgehead atoms. The van der Waals surface area contributed by atoms with Crippen LogP contribution in [0.2, 0.25) is 0 Å². The molecule has 0 aliphatic carbocycles. The van der Waals surface area contributed by atoms with E-state index >= 15 is 0 Å². The molecule has 2 amide bonds. The number of nitrogens with one attached hydrogen (secondary N) is 1. The monoisotopic (exact) mass is 391 g/mol. The zero-order valence-electron chi connectivity index (χ0n) is 14.8. The van der Waals surface area contributed by atoms with Crippen LogP contribution in [0, 0.1) is 6.92 Å². The molecule has 0 fully saturated rings. The SMILES string of the molecule is COC(=O)c1sc(NC(=O)CN2C(=O)C(C)Oc3ccc(N)nc32)nc1C. The molecule has 1 atom stereocenters. The molecular weight excluding hydrogens is 374 g/mol. The Morgan fingerprint density at radius 1 is 1.41 bits per heavy atom. The highest BCUT2D eigenvalue weighted by molar-refractivity contribution is 7.17. The average molecular weight is 391 g/mol. The van der Waals surface area contributed by atoms with E-state index in [-0.39, 0.29) is 23.3 Å². The maximum atomic E-state index is 12.4. The van der Waals surface area contributed by atoms with E-state index in [1.165, 1.54) is 12.0 Å². The zero-order chi connectivity index (χ0) is 19.7. The van der Waals surface area contributed by atoms with Crippen molar-refractivity contribution in [2.75, 3.05) is 29.6 Å². The maximum absolute atomic E-state index is 12.4. The molecule has 0 radical (unpaired) electrons. The molecule has 2 aromatic heterocycles. The largest absolute Gasteiger partial charge is 0.477 e. The number of ether oxygens (including phenoxy) is 2. The number of nitrogens with zero attached hydrogens (tertiary/aromatic N) is 3. The fourth-order valence-electron chi connectivity index (χ4n) is 2.49. The second-order valence-electron chi connectivity index (χ2n) is 5.72. The van der Waals surface area contributed by atoms with Gasteiger partial charge in [0.25, 0.3) is 5.91 Å². The Bertz CT molecular complexity index is 928. The molecule has 2 aromatic rings. The van der Waals surface area contributed by atoms with E-state index in [4.69, 9.17) is 10.5 Å². The van der Waals surface area contributed by atoms with Crippen LogP contribution in [0.1, 0.15) is 22.3 Å². The number of hydrogen-bond acceptors (Lipinski definition) is 9. The summed E-state index contributed by atoms with van der Waals surface area (Å²) < 4.78 is 10.1. The summed E-state index contributed by atoms with van der Waals surface area (Å²) >= 11 is 0.991. The Morgan fingerprint density at radius 2 is 2.15 bits per heavy atom. The van der Waals surface area contributed by atoms with E-state index < -0.39 is 23.9 Å². The summed E-state index contributed by atoms with van der Waals surface area (Å²) in [4.78, 5) is 46.2. The van der Waals surface area contributed by atoms with Crippen molar-refractivity contribution in [2.45, 2.75) is 20.0 Å². The molecule has 3 heterocycles. The van der Waals surface area contributed by atoms with Gasteiger partial charge in [-0.25, -0.2) is 14.8 Å². The molecular formula is C16H17N5O5S. The minimum Gasteiger partial charge on any atom is -0.477 e. The summed E-state index contributed by atoms with van der Waals surface area (Å²) in [7, 11) is 1.26. The van der Waals surface area contributed by atoms with E-state index in [1.54, 1.807) is 26.0 Å². The zero-order valence-corrected chi connectivity index (χ0v) is 15.6. The van der Waals surface area contributed by atoms with Crippen LogP contribution >= 0.6 is 11.3 Å². The number of pyridine rings is 1. The van der Waals surface area contributed by atoms with Gasteiger partial charge in [0, 0.05) is 0 Å². The predicted octanol–water partition coefficient (Wildman–Crippen LogP) is 0.968. The standard InChI is InChI=1S/C16H17N5O5S/c1-7-12(15(24)25-3)27-16(18-7)20-11(22)6-21-13-9(4-5-10(17)19-13)26-8(2)14(21)23/h4-5,8H,6H2,1-3H3,(H2,17,19)(H,18,20,22). The Hall–Kier alpha value is -3.21. The number of fused-ring (bicyclic) bond motifs is 1. The lowest BCUT2D eigenvalue weighted by Crippen LogP contribution is -2.48. The van der Waals surface area contributed by atoms with Crippen molar-refractivity contribution in [1.82, 2.24) is 9.97 Å². The van der Waals surface area contributed by atoms with Crippen LogP contribution in [0.5, 0.6) is 5.75 Å². The molecule has 0 aromatic carbocycles. The molecule has 1 unspecified atom stereocenters. The van der Waals surface area contributed by atoms with Crippen molar-refractivity contribution in [3.8, 4) is 5.75 Å². The minimum atomic E-state index is -0.760. The number of nitrogen functional groups attached to an aromatic ring is 1. The van der Waals surface area contributed by atoms with Crippen LogP contribution in [0.15, 0.2) is 12.1 Å². The molecule has 11 heteroatoms. The summed E-state index contributed by atoms with van der Waals surface area (Å²) in [6, 6.07) is 3.14. The normalized spacial score (nSPS) is 15.7. The molecule has 1 aliphatic rings. The van der Waals surface area contributed by atoms with Crippen LogP contribution in [0.4, 0.5) is 16.8 Å². The van der Waals surface area contributed by atoms with Gasteiger partial charge in [-0.15, -0.1) is 0 Å². The van der Waals surface area contributed by atoms with Gasteiger partial charge in [0.1, 0.15) is 17.2 Å². The second-order valence-corrected chi connectivity index (χ2v) is 6.71. The average Bonchev–Trinajstić information content (AvgIpc) is 2.99. The maximum Gasteiger partial charge on any atom is 0.350 e. The first-order chi connectivity index (χ1) is 12.8. The Labute approximate surface area is 158 Å². The number of hydrogen-bond donors (Lipinski definition) is 2. The number of carbonyl (C=O) groups excluding carboxylic acids is 3. The third kappa shape index (κ3) is 3.67. The van der Waals surface area contributed by atoms with Gasteiger partial charge >= 0.3 is 5.97 Å². The van der Waals surface area contributed by atoms with Crippen LogP contribution in [0.25, 0.3) is 0 Å². The van der Waals surface area contributed by atoms with E-state index in [0.717, 1.165) is 11.3 Å². The molecule has 27 heavy (non-hydrogen) atoms. The van der Waals surface area contributed by atoms with Gasteiger partial charge in [0.2, 0.25) is 5.91 Å². The number of nitrogens with two attached hydrogens (primary N) is 1. The van der Waals surface area contributed by atoms with Crippen molar-refractivity contribution in [1.29, 1.82) is 0 Å². The summed E-state index contributed by atoms with van der Waals surface area (Å²) in [6.45, 7) is 2.91. The number of anilines is 3. The highest BCUT2D eigenvalue weighted by atomic mass is 32.1. The number of rotatable bonds is 4. The predicted molar refractivity (Wildman–Crippen MR) is 97.9 cm³/mol. The van der Waals surface area contributed by atoms with Crippen molar-refractivity contribution >= 4 is 45.9 Å². The van der Waals surface area contributed by atoms with E-state index in [0.29, 0.717) is 16.3 Å². The number of thiazole rings is 1. The van der Waals surface area contributed by atoms with Gasteiger partial charge in [-0.05, 0) is 26.0 Å². The van der Waals surface area contributed by atoms with Crippen molar-refractivity contribution in [2.24, 2.45) is 0 Å². The molecule has 3 rings (SSSR count). The van der Waals surface area contributed by atoms with Crippen molar-refractivity contribution in [3.63, 3.8) is 0 Å². The summed E-state index contributed by atoms with van der Waals surface area (Å²) in [5, 5.41) is 2.81. The number of amides is 2. The van der Waals surface area contributed by atoms with Gasteiger partial charge in [0.15, 0.2) is 22.8 Å². The van der Waals surface area contributed by atoms with Crippen molar-refractivity contribution < 1.29 is 23.9 Å². The van der Waals surface area contributed by atoms with Crippen LogP contribution in [0.3, 0.4) is 0 Å². The lowest BCUT2D eigenvalue weighted by molar-refractivity contribution is -0.127. The fourth-order valence-corrected chi connectivity index (χ4v) is 3.39. The van der Waals surface area contributed by atoms with Gasteiger partial charge in [-0.3, -0.25) is 14.5 Å². The molecule has 3 N–H and O–H groups in total. The van der Waals surface area contributed by atoms with Gasteiger partial charge in [-0.1, -0.05) is 11.3 Å². The first kappa shape index (κ1) is 18.6. The first-order valence-electron chi connectivity index (χ1n) is 7.90. The lowest BCUT2D eigenvalue weighted by atomic mass is 10.2. The highest BCUT2D eigenvalue weighted by Crippen LogP contribution is 2.33. The molecule has 0 spiro atoms. The van der Waals surface area contributed by atoms with Crippen LogP contribution in [-0.2, 0) is 14.3 Å². The van der Waals surface area contributed by atoms with Crippen LogP contribution in [-0.4, -0.2) is 47.5 Å². The summed E-state index contributed by atoms with van der Waals surface area (Å²) in [5.41, 5.74) is 6.12. The number of esters is 1. The molecule has 0 saturated heterocycles. The Kier molecular flexibility index (Phi) is 4.95. The second kappa shape index (κ2) is 7.19. The minimum absolute atomic E-state index is 0.179. The molecule has 1 aliphatic heterocycles. The lowest BCUT2D eigenvalue weighted by Gasteiger charge is -2.31. The third-order valence-electron chi connectivity index (χ3n) is 3.75. The molecule has 0 saturated carbocycles. The third-order valence-corrected chi connectivity index (χ3v) is 4.80. The number of aryl methyl sites for hydroxylation is 1. The summed E-state index contributed by atoms with van der Waals surface area (Å²) in [6.07, 6.45) is -0.760. The first-order valence-corrected chi connectivity index (χ1v) is 8.72. The Balaban J connectivity index is 1.79. The van der Waals surface area contributed by atoms with E-state index in [1.807, 2.05) is 0 Å². The number of aromatic nitrogens is 2. The quantitative estimate of drug-likeness (QED) is 0.736. The van der Waals surface area contributed by atoms with E-state index in [9.17, 15) is 14.4 Å². The van der Waals surface area contributed by atoms with E-state index in [2.05, 4.69) is 20.0 Å². The smallest absolute Gasteiger partial charge is 0.350 e. The topological polar surface area (TPSA) is 137 Å². The number of methoxy groups -OCH3 is 1. The fraction of sp³-hybridized carbons (Fsp3) is 0.312. The molecule has 10 nitrogen and oxygen atoms in total. The highest BCUT2D eigenvalue weighted by Gasteiger charge is 2.34. The van der Waals surface area contributed by atoms with Gasteiger partial charge < -0.3 is 20.5 Å². The number of carbonyl (C=O) groups is 3. The molecule has 142 valence electrons. The van der Waals surface area contributed by atoms with Crippen molar-refractivity contribution in [3.05, 3.63) is 22.7 Å².